The molecule has 0 unspecified atom stereocenters. The Morgan fingerprint density at radius 3 is 3.15 bits per heavy atom. The van der Waals surface area contributed by atoms with E-state index < -0.39 is 5.60 Å². The molecule has 1 aromatic heterocycles. The summed E-state index contributed by atoms with van der Waals surface area (Å²) in [6.45, 7) is 4.35. The van der Waals surface area contributed by atoms with Crippen molar-refractivity contribution < 1.29 is 5.11 Å². The molecule has 2 heterocycles. The van der Waals surface area contributed by atoms with Gasteiger partial charge in [0.15, 0.2) is 0 Å². The van der Waals surface area contributed by atoms with Crippen LogP contribution in [0, 0.1) is 0 Å². The van der Waals surface area contributed by atoms with E-state index in [1.54, 1.807) is 0 Å². The van der Waals surface area contributed by atoms with Gasteiger partial charge in [-0.25, -0.2) is 0 Å². The normalized spacial score (nSPS) is 26.9. The first-order valence-electron chi connectivity index (χ1n) is 7.92. The summed E-state index contributed by atoms with van der Waals surface area (Å²) in [6, 6.07) is 2.15. The molecule has 0 bridgehead atoms. The molecule has 1 aliphatic carbocycles. The van der Waals surface area contributed by atoms with Crippen LogP contribution in [-0.4, -0.2) is 46.7 Å². The van der Waals surface area contributed by atoms with E-state index in [9.17, 15) is 5.11 Å². The highest BCUT2D eigenvalue weighted by Gasteiger charge is 2.28. The van der Waals surface area contributed by atoms with Crippen molar-refractivity contribution in [2.75, 3.05) is 26.2 Å². The highest BCUT2D eigenvalue weighted by atomic mass is 16.3. The van der Waals surface area contributed by atoms with Gasteiger partial charge >= 0.3 is 0 Å². The summed E-state index contributed by atoms with van der Waals surface area (Å²) >= 11 is 0. The van der Waals surface area contributed by atoms with E-state index in [0.717, 1.165) is 44.8 Å². The predicted molar refractivity (Wildman–Crippen MR) is 78.7 cm³/mol. The average molecular weight is 278 g/mol. The Hall–Kier alpha value is -0.910. The maximum absolute atomic E-state index is 10.3. The lowest BCUT2D eigenvalue weighted by Crippen LogP contribution is -2.52. The lowest BCUT2D eigenvalue weighted by molar-refractivity contribution is 0.0172. The van der Waals surface area contributed by atoms with Crippen molar-refractivity contribution >= 4 is 0 Å². The molecule has 2 aliphatic rings. The topological polar surface area (TPSA) is 62.1 Å². The molecule has 1 aromatic rings. The fraction of sp³-hybridized carbons (Fsp3) is 0.800. The van der Waals surface area contributed by atoms with Crippen LogP contribution < -0.4 is 10.6 Å². The molecule has 1 atom stereocenters. The molecule has 3 N–H and O–H groups in total. The zero-order valence-corrected chi connectivity index (χ0v) is 12.1. The standard InChI is InChI=1S/C15H26N4O/c20-15(6-1-7-16-11-15)12-17-8-2-10-19-14(5-9-18-19)13-3-4-13/h5,9,13,16-17,20H,1-4,6-8,10-12H2/t15-/m0/s1. The molecule has 5 heteroatoms. The number of aliphatic hydroxyl groups is 1. The summed E-state index contributed by atoms with van der Waals surface area (Å²) < 4.78 is 2.15. The smallest absolute Gasteiger partial charge is 0.0895 e. The Morgan fingerprint density at radius 1 is 1.50 bits per heavy atom. The molecule has 3 rings (SSSR count). The van der Waals surface area contributed by atoms with Gasteiger partial charge in [-0.2, -0.15) is 5.10 Å². The lowest BCUT2D eigenvalue weighted by atomic mass is 9.94. The van der Waals surface area contributed by atoms with Gasteiger partial charge in [0.1, 0.15) is 0 Å². The molecule has 1 aliphatic heterocycles. The van der Waals surface area contributed by atoms with Gasteiger partial charge in [0, 0.05) is 37.4 Å². The molecule has 0 spiro atoms. The van der Waals surface area contributed by atoms with Crippen molar-refractivity contribution in [2.24, 2.45) is 0 Å². The Bertz CT molecular complexity index is 421. The molecule has 0 radical (unpaired) electrons. The fourth-order valence-electron chi connectivity index (χ4n) is 3.03. The van der Waals surface area contributed by atoms with Crippen LogP contribution in [0.1, 0.15) is 43.7 Å². The van der Waals surface area contributed by atoms with Crippen LogP contribution in [0.15, 0.2) is 12.3 Å². The molecular weight excluding hydrogens is 252 g/mol. The maximum atomic E-state index is 10.3. The van der Waals surface area contributed by atoms with Gasteiger partial charge in [-0.3, -0.25) is 4.68 Å². The molecule has 2 fully saturated rings. The maximum Gasteiger partial charge on any atom is 0.0895 e. The van der Waals surface area contributed by atoms with E-state index in [0.29, 0.717) is 13.1 Å². The molecule has 0 amide bonds. The number of hydrogen-bond acceptors (Lipinski definition) is 4. The number of aryl methyl sites for hydroxylation is 1. The van der Waals surface area contributed by atoms with Crippen molar-refractivity contribution in [1.82, 2.24) is 20.4 Å². The Labute approximate surface area is 120 Å². The van der Waals surface area contributed by atoms with Gasteiger partial charge in [-0.05, 0) is 51.3 Å². The average Bonchev–Trinajstić information content (AvgIpc) is 3.19. The summed E-state index contributed by atoms with van der Waals surface area (Å²) in [5.74, 6) is 0.763. The van der Waals surface area contributed by atoms with Crippen LogP contribution >= 0.6 is 0 Å². The van der Waals surface area contributed by atoms with Crippen LogP contribution in [0.3, 0.4) is 0 Å². The second-order valence-electron chi connectivity index (χ2n) is 6.29. The molecule has 0 aromatic carbocycles. The van der Waals surface area contributed by atoms with Gasteiger partial charge in [0.05, 0.1) is 5.60 Å². The summed E-state index contributed by atoms with van der Waals surface area (Å²) in [5.41, 5.74) is 0.850. The molecule has 5 nitrogen and oxygen atoms in total. The van der Waals surface area contributed by atoms with Crippen LogP contribution in [0.2, 0.25) is 0 Å². The lowest BCUT2D eigenvalue weighted by Gasteiger charge is -2.32. The summed E-state index contributed by atoms with van der Waals surface area (Å²) in [6.07, 6.45) is 7.59. The minimum atomic E-state index is -0.552. The van der Waals surface area contributed by atoms with E-state index >= 15 is 0 Å². The number of piperidine rings is 1. The van der Waals surface area contributed by atoms with Crippen molar-refractivity contribution in [3.8, 4) is 0 Å². The van der Waals surface area contributed by atoms with Crippen molar-refractivity contribution in [3.63, 3.8) is 0 Å². The van der Waals surface area contributed by atoms with E-state index in [2.05, 4.69) is 26.5 Å². The van der Waals surface area contributed by atoms with Crippen molar-refractivity contribution in [1.29, 1.82) is 0 Å². The first-order valence-corrected chi connectivity index (χ1v) is 7.92. The van der Waals surface area contributed by atoms with Crippen molar-refractivity contribution in [2.45, 2.75) is 50.2 Å². The second-order valence-corrected chi connectivity index (χ2v) is 6.29. The molecule has 1 saturated carbocycles. The molecule has 112 valence electrons. The number of nitrogens with zero attached hydrogens (tertiary/aromatic N) is 2. The number of aromatic nitrogens is 2. The van der Waals surface area contributed by atoms with E-state index in [1.165, 1.54) is 18.5 Å². The molecule has 1 saturated heterocycles. The predicted octanol–water partition coefficient (Wildman–Crippen LogP) is 0.855. The van der Waals surface area contributed by atoms with Gasteiger partial charge in [0.2, 0.25) is 0 Å². The van der Waals surface area contributed by atoms with E-state index in [-0.39, 0.29) is 0 Å². The molecule has 20 heavy (non-hydrogen) atoms. The quantitative estimate of drug-likeness (QED) is 0.647. The number of rotatable bonds is 7. The Morgan fingerprint density at radius 2 is 2.40 bits per heavy atom. The monoisotopic (exact) mass is 278 g/mol. The van der Waals surface area contributed by atoms with Crippen LogP contribution in [0.25, 0.3) is 0 Å². The summed E-state index contributed by atoms with van der Waals surface area (Å²) in [4.78, 5) is 0. The fourth-order valence-corrected chi connectivity index (χ4v) is 3.03. The first kappa shape index (κ1) is 14.0. The zero-order valence-electron chi connectivity index (χ0n) is 12.1. The van der Waals surface area contributed by atoms with Crippen LogP contribution in [0.4, 0.5) is 0 Å². The van der Waals surface area contributed by atoms with Crippen LogP contribution in [0.5, 0.6) is 0 Å². The third-order valence-electron chi connectivity index (χ3n) is 4.37. The Kier molecular flexibility index (Phi) is 4.38. The Balaban J connectivity index is 1.34. The van der Waals surface area contributed by atoms with Gasteiger partial charge in [0.25, 0.3) is 0 Å². The van der Waals surface area contributed by atoms with Crippen LogP contribution in [-0.2, 0) is 6.54 Å². The number of hydrogen-bond donors (Lipinski definition) is 3. The number of β-amino-alcohol motifs (C(OH)–C–C–N with tert-alkyl or cyclic N) is 1. The second kappa shape index (κ2) is 6.24. The highest BCUT2D eigenvalue weighted by molar-refractivity contribution is 5.13. The van der Waals surface area contributed by atoms with Gasteiger partial charge < -0.3 is 15.7 Å². The summed E-state index contributed by atoms with van der Waals surface area (Å²) in [5, 5.41) is 21.4. The largest absolute Gasteiger partial charge is 0.387 e. The van der Waals surface area contributed by atoms with E-state index in [4.69, 9.17) is 0 Å². The summed E-state index contributed by atoms with van der Waals surface area (Å²) in [7, 11) is 0. The van der Waals surface area contributed by atoms with Crippen molar-refractivity contribution in [3.05, 3.63) is 18.0 Å². The SMILES string of the molecule is O[C@@]1(CNCCCn2nccc2C2CC2)CCCNC1. The van der Waals surface area contributed by atoms with Gasteiger partial charge in [-0.1, -0.05) is 0 Å². The zero-order chi connectivity index (χ0) is 13.8. The molecular formula is C15H26N4O. The minimum Gasteiger partial charge on any atom is -0.387 e. The highest BCUT2D eigenvalue weighted by Crippen LogP contribution is 2.39. The third kappa shape index (κ3) is 3.59. The van der Waals surface area contributed by atoms with E-state index in [1.807, 2.05) is 6.20 Å². The first-order chi connectivity index (χ1) is 9.77. The minimum absolute atomic E-state index is 0.552. The van der Waals surface area contributed by atoms with Gasteiger partial charge in [-0.15, -0.1) is 0 Å². The third-order valence-corrected chi connectivity index (χ3v) is 4.37. The number of nitrogens with one attached hydrogen (secondary N) is 2.